The van der Waals surface area contributed by atoms with Gasteiger partial charge in [-0.05, 0) is 40.2 Å². The van der Waals surface area contributed by atoms with E-state index in [1.54, 1.807) is 0 Å². The molecule has 1 N–H and O–H groups in total. The van der Waals surface area contributed by atoms with Gasteiger partial charge in [-0.25, -0.2) is 9.48 Å². The molecule has 1 fully saturated rings. The molecule has 1 saturated heterocycles. The molecule has 0 amide bonds. The van der Waals surface area contributed by atoms with E-state index in [9.17, 15) is 4.79 Å². The van der Waals surface area contributed by atoms with E-state index in [-0.39, 0.29) is 11.6 Å². The molecule has 1 aromatic heterocycles. The smallest absolute Gasteiger partial charge is 0.360 e. The van der Waals surface area contributed by atoms with Crippen LogP contribution in [0.5, 0.6) is 0 Å². The van der Waals surface area contributed by atoms with E-state index >= 15 is 0 Å². The lowest BCUT2D eigenvalue weighted by Gasteiger charge is -2.24. The molecule has 1 atom stereocenters. The van der Waals surface area contributed by atoms with Crippen molar-refractivity contribution in [3.05, 3.63) is 11.4 Å². The zero-order chi connectivity index (χ0) is 13.3. The Kier molecular flexibility index (Phi) is 3.38. The zero-order valence-corrected chi connectivity index (χ0v) is 11.4. The van der Waals surface area contributed by atoms with E-state index in [4.69, 9.17) is 4.74 Å². The molecule has 0 aliphatic carbocycles. The molecule has 1 aliphatic heterocycles. The fourth-order valence-electron chi connectivity index (χ4n) is 2.26. The van der Waals surface area contributed by atoms with E-state index in [1.807, 2.05) is 25.5 Å². The lowest BCUT2D eigenvalue weighted by atomic mass is 10.0. The first-order valence-corrected chi connectivity index (χ1v) is 6.23. The minimum Gasteiger partial charge on any atom is -0.464 e. The molecular weight excluding hydrogens is 232 g/mol. The quantitative estimate of drug-likeness (QED) is 0.802. The third-order valence-corrected chi connectivity index (χ3v) is 3.11. The Hall–Kier alpha value is -1.43. The lowest BCUT2D eigenvalue weighted by Crippen LogP contribution is -2.29. The van der Waals surface area contributed by atoms with Gasteiger partial charge in [0.2, 0.25) is 0 Å². The summed E-state index contributed by atoms with van der Waals surface area (Å²) in [6.45, 7) is 7.09. The molecule has 0 radical (unpaired) electrons. The highest BCUT2D eigenvalue weighted by molar-refractivity contribution is 5.88. The molecule has 100 valence electrons. The highest BCUT2D eigenvalue weighted by atomic mass is 16.5. The Morgan fingerprint density at radius 3 is 2.72 bits per heavy atom. The van der Waals surface area contributed by atoms with Crippen LogP contribution in [0.25, 0.3) is 0 Å². The van der Waals surface area contributed by atoms with Gasteiger partial charge < -0.3 is 10.1 Å². The van der Waals surface area contributed by atoms with Crippen molar-refractivity contribution >= 4 is 5.97 Å². The SMILES string of the molecule is COC(=O)c1nnn(C(C)(C)C)c1C1CCCN1. The van der Waals surface area contributed by atoms with Gasteiger partial charge in [-0.15, -0.1) is 5.10 Å². The highest BCUT2D eigenvalue weighted by Gasteiger charge is 2.32. The van der Waals surface area contributed by atoms with Gasteiger partial charge in [-0.1, -0.05) is 5.21 Å². The summed E-state index contributed by atoms with van der Waals surface area (Å²) in [4.78, 5) is 11.8. The van der Waals surface area contributed by atoms with E-state index < -0.39 is 5.97 Å². The Labute approximate surface area is 107 Å². The molecule has 2 rings (SSSR count). The molecule has 6 heteroatoms. The monoisotopic (exact) mass is 252 g/mol. The van der Waals surface area contributed by atoms with Crippen molar-refractivity contribution in [1.29, 1.82) is 0 Å². The number of hydrogen-bond acceptors (Lipinski definition) is 5. The van der Waals surface area contributed by atoms with Crippen LogP contribution in [0.1, 0.15) is 55.8 Å². The van der Waals surface area contributed by atoms with Gasteiger partial charge in [0.15, 0.2) is 5.69 Å². The van der Waals surface area contributed by atoms with Crippen LogP contribution in [0.2, 0.25) is 0 Å². The standard InChI is InChI=1S/C12H20N4O2/c1-12(2,3)16-10(8-6-5-7-13-8)9(14-15-16)11(17)18-4/h8,13H,5-7H2,1-4H3. The number of rotatable bonds is 2. The van der Waals surface area contributed by atoms with E-state index in [1.165, 1.54) is 7.11 Å². The summed E-state index contributed by atoms with van der Waals surface area (Å²) >= 11 is 0. The number of hydrogen-bond donors (Lipinski definition) is 1. The van der Waals surface area contributed by atoms with Crippen LogP contribution in [-0.4, -0.2) is 34.6 Å². The number of ether oxygens (including phenoxy) is 1. The van der Waals surface area contributed by atoms with E-state index in [0.29, 0.717) is 5.69 Å². The molecule has 0 bridgehead atoms. The van der Waals surface area contributed by atoms with Crippen LogP contribution < -0.4 is 5.32 Å². The Morgan fingerprint density at radius 1 is 1.50 bits per heavy atom. The molecule has 1 unspecified atom stereocenters. The average molecular weight is 252 g/mol. The first-order valence-electron chi connectivity index (χ1n) is 6.23. The summed E-state index contributed by atoms with van der Waals surface area (Å²) in [5, 5.41) is 11.5. The maximum atomic E-state index is 11.8. The van der Waals surface area contributed by atoms with Gasteiger partial charge in [-0.3, -0.25) is 0 Å². The third kappa shape index (κ3) is 2.25. The second-order valence-corrected chi connectivity index (χ2v) is 5.55. The highest BCUT2D eigenvalue weighted by Crippen LogP contribution is 2.29. The van der Waals surface area contributed by atoms with Crippen LogP contribution >= 0.6 is 0 Å². The maximum Gasteiger partial charge on any atom is 0.360 e. The molecule has 1 aromatic rings. The normalized spacial score (nSPS) is 20.1. The van der Waals surface area contributed by atoms with Crippen molar-refractivity contribution < 1.29 is 9.53 Å². The molecule has 6 nitrogen and oxygen atoms in total. The predicted molar refractivity (Wildman–Crippen MR) is 66.3 cm³/mol. The topological polar surface area (TPSA) is 69.0 Å². The Bertz CT molecular complexity index is 441. The van der Waals surface area contributed by atoms with Crippen LogP contribution in [0.4, 0.5) is 0 Å². The zero-order valence-electron chi connectivity index (χ0n) is 11.4. The largest absolute Gasteiger partial charge is 0.464 e. The predicted octanol–water partition coefficient (Wildman–Crippen LogP) is 1.24. The van der Waals surface area contributed by atoms with Crippen molar-refractivity contribution in [2.45, 2.75) is 45.2 Å². The van der Waals surface area contributed by atoms with Gasteiger partial charge in [0.1, 0.15) is 0 Å². The number of methoxy groups -OCH3 is 1. The number of carbonyl (C=O) groups excluding carboxylic acids is 1. The summed E-state index contributed by atoms with van der Waals surface area (Å²) in [7, 11) is 1.37. The summed E-state index contributed by atoms with van der Waals surface area (Å²) in [5.74, 6) is -0.422. The number of aromatic nitrogens is 3. The first kappa shape index (κ1) is 13.0. The first-order chi connectivity index (χ1) is 8.45. The fourth-order valence-corrected chi connectivity index (χ4v) is 2.26. The average Bonchev–Trinajstić information content (AvgIpc) is 2.94. The summed E-state index contributed by atoms with van der Waals surface area (Å²) in [6.07, 6.45) is 2.09. The summed E-state index contributed by atoms with van der Waals surface area (Å²) in [6, 6.07) is 0.133. The number of carbonyl (C=O) groups is 1. The lowest BCUT2D eigenvalue weighted by molar-refractivity contribution is 0.0591. The minimum atomic E-state index is -0.422. The number of nitrogens with zero attached hydrogens (tertiary/aromatic N) is 3. The van der Waals surface area contributed by atoms with Crippen LogP contribution in [-0.2, 0) is 10.3 Å². The van der Waals surface area contributed by atoms with Gasteiger partial charge in [0.25, 0.3) is 0 Å². The molecule has 18 heavy (non-hydrogen) atoms. The Morgan fingerprint density at radius 2 is 2.22 bits per heavy atom. The maximum absolute atomic E-state index is 11.8. The second-order valence-electron chi connectivity index (χ2n) is 5.55. The molecule has 0 saturated carbocycles. The van der Waals surface area contributed by atoms with Gasteiger partial charge in [0.05, 0.1) is 24.4 Å². The van der Waals surface area contributed by atoms with Crippen LogP contribution in [0.15, 0.2) is 0 Å². The van der Waals surface area contributed by atoms with E-state index in [2.05, 4.69) is 15.6 Å². The molecule has 0 spiro atoms. The van der Waals surface area contributed by atoms with Crippen molar-refractivity contribution in [1.82, 2.24) is 20.3 Å². The fraction of sp³-hybridized carbons (Fsp3) is 0.750. The summed E-state index contributed by atoms with van der Waals surface area (Å²) < 4.78 is 6.60. The minimum absolute atomic E-state index is 0.133. The van der Waals surface area contributed by atoms with Gasteiger partial charge >= 0.3 is 5.97 Å². The van der Waals surface area contributed by atoms with Crippen molar-refractivity contribution in [2.24, 2.45) is 0 Å². The van der Waals surface area contributed by atoms with Crippen molar-refractivity contribution in [3.8, 4) is 0 Å². The van der Waals surface area contributed by atoms with Crippen molar-refractivity contribution in [3.63, 3.8) is 0 Å². The molecular formula is C12H20N4O2. The second kappa shape index (κ2) is 4.68. The van der Waals surface area contributed by atoms with E-state index in [0.717, 1.165) is 25.1 Å². The van der Waals surface area contributed by atoms with Crippen molar-refractivity contribution in [2.75, 3.05) is 13.7 Å². The number of nitrogens with one attached hydrogen (secondary N) is 1. The molecule has 2 heterocycles. The Balaban J connectivity index is 2.48. The molecule has 0 aromatic carbocycles. The van der Waals surface area contributed by atoms with Crippen LogP contribution in [0.3, 0.4) is 0 Å². The molecule has 1 aliphatic rings. The van der Waals surface area contributed by atoms with Gasteiger partial charge in [-0.2, -0.15) is 0 Å². The van der Waals surface area contributed by atoms with Gasteiger partial charge in [0, 0.05) is 0 Å². The third-order valence-electron chi connectivity index (χ3n) is 3.11. The van der Waals surface area contributed by atoms with Crippen LogP contribution in [0, 0.1) is 0 Å². The number of esters is 1. The summed E-state index contributed by atoms with van der Waals surface area (Å²) in [5.41, 5.74) is 0.956.